The van der Waals surface area contributed by atoms with E-state index in [0.29, 0.717) is 37.9 Å². The lowest BCUT2D eigenvalue weighted by atomic mass is 9.86. The smallest absolute Gasteiger partial charge is 0.303 e. The summed E-state index contributed by atoms with van der Waals surface area (Å²) in [7, 11) is 0. The Morgan fingerprint density at radius 1 is 1.18 bits per heavy atom. The normalized spacial score (nSPS) is 25.8. The van der Waals surface area contributed by atoms with Crippen LogP contribution < -0.4 is 4.74 Å². The third-order valence-electron chi connectivity index (χ3n) is 5.35. The van der Waals surface area contributed by atoms with Crippen molar-refractivity contribution in [1.82, 2.24) is 0 Å². The second-order valence-corrected chi connectivity index (χ2v) is 7.49. The summed E-state index contributed by atoms with van der Waals surface area (Å²) < 4.78 is 19.7. The molecule has 0 amide bonds. The molecule has 1 saturated carbocycles. The van der Waals surface area contributed by atoms with Gasteiger partial charge in [-0.2, -0.15) is 0 Å². The molecule has 6 heteroatoms. The molecule has 0 bridgehead atoms. The van der Waals surface area contributed by atoms with Crippen molar-refractivity contribution in [2.45, 2.75) is 63.3 Å². The van der Waals surface area contributed by atoms with Gasteiger partial charge in [-0.3, -0.25) is 4.79 Å². The van der Waals surface area contributed by atoms with Gasteiger partial charge in [-0.25, -0.2) is 4.39 Å². The Bertz CT molecular complexity index is 606. The fourth-order valence-electron chi connectivity index (χ4n) is 3.81. The number of allylic oxidation sites excluding steroid dienone is 2. The van der Waals surface area contributed by atoms with E-state index in [0.717, 1.165) is 0 Å². The van der Waals surface area contributed by atoms with Gasteiger partial charge in [0.1, 0.15) is 18.5 Å². The van der Waals surface area contributed by atoms with Crippen LogP contribution in [0.15, 0.2) is 42.5 Å². The average molecular weight is 394 g/mol. The van der Waals surface area contributed by atoms with Crippen molar-refractivity contribution in [3.63, 3.8) is 0 Å². The number of rotatable bonds is 12. The van der Waals surface area contributed by atoms with E-state index in [1.54, 1.807) is 12.1 Å². The number of aliphatic carboxylic acids is 1. The first-order valence-corrected chi connectivity index (χ1v) is 10.0. The number of aliphatic hydroxyl groups excluding tert-OH is 2. The number of carbonyl (C=O) groups is 1. The molecule has 0 aromatic heterocycles. The van der Waals surface area contributed by atoms with Gasteiger partial charge in [-0.1, -0.05) is 30.4 Å². The fourth-order valence-corrected chi connectivity index (χ4v) is 3.81. The van der Waals surface area contributed by atoms with Crippen LogP contribution in [0.1, 0.15) is 44.9 Å². The van der Waals surface area contributed by atoms with Crippen LogP contribution in [0.4, 0.5) is 4.39 Å². The molecule has 5 nitrogen and oxygen atoms in total. The van der Waals surface area contributed by atoms with E-state index in [2.05, 4.69) is 0 Å². The van der Waals surface area contributed by atoms with Gasteiger partial charge in [0, 0.05) is 6.42 Å². The second kappa shape index (κ2) is 11.8. The minimum atomic E-state index is -1.13. The van der Waals surface area contributed by atoms with E-state index in [1.165, 1.54) is 0 Å². The highest BCUT2D eigenvalue weighted by Crippen LogP contribution is 2.38. The van der Waals surface area contributed by atoms with Crippen LogP contribution in [-0.4, -0.2) is 46.3 Å². The number of unbranched alkanes of at least 4 members (excludes halogenated alkanes) is 1. The molecule has 0 spiro atoms. The minimum absolute atomic E-state index is 0.0243. The first-order chi connectivity index (χ1) is 13.5. The van der Waals surface area contributed by atoms with Gasteiger partial charge in [0.05, 0.1) is 12.2 Å². The van der Waals surface area contributed by atoms with E-state index >= 15 is 0 Å². The molecule has 0 aliphatic heterocycles. The van der Waals surface area contributed by atoms with E-state index in [9.17, 15) is 19.4 Å². The highest BCUT2D eigenvalue weighted by Gasteiger charge is 2.40. The lowest BCUT2D eigenvalue weighted by Gasteiger charge is -2.23. The summed E-state index contributed by atoms with van der Waals surface area (Å²) in [6.45, 7) is -0.0243. The van der Waals surface area contributed by atoms with Crippen LogP contribution >= 0.6 is 0 Å². The zero-order chi connectivity index (χ0) is 20.4. The van der Waals surface area contributed by atoms with Crippen molar-refractivity contribution in [2.75, 3.05) is 6.61 Å². The SMILES string of the molecule is O=C(O)CCCC=CC[C@@H]1[C@@H](CC[C@@H](F)COc2ccccc2)[C@H](O)C[C@@H]1O. The third kappa shape index (κ3) is 7.60. The Morgan fingerprint density at radius 2 is 1.89 bits per heavy atom. The van der Waals surface area contributed by atoms with Crippen LogP contribution in [-0.2, 0) is 4.79 Å². The number of hydrogen-bond acceptors (Lipinski definition) is 4. The molecule has 28 heavy (non-hydrogen) atoms. The summed E-state index contributed by atoms with van der Waals surface area (Å²) in [5.74, 6) is -0.422. The van der Waals surface area contributed by atoms with Gasteiger partial charge >= 0.3 is 5.97 Å². The maximum atomic E-state index is 14.2. The van der Waals surface area contributed by atoms with Crippen molar-refractivity contribution >= 4 is 5.97 Å². The molecule has 156 valence electrons. The molecular weight excluding hydrogens is 363 g/mol. The zero-order valence-electron chi connectivity index (χ0n) is 16.1. The summed E-state index contributed by atoms with van der Waals surface area (Å²) in [5, 5.41) is 29.1. The Kier molecular flexibility index (Phi) is 9.44. The number of alkyl halides is 1. The van der Waals surface area contributed by atoms with E-state index in [1.807, 2.05) is 30.4 Å². The summed E-state index contributed by atoms with van der Waals surface area (Å²) in [6, 6.07) is 9.09. The minimum Gasteiger partial charge on any atom is -0.491 e. The molecule has 1 aromatic rings. The lowest BCUT2D eigenvalue weighted by molar-refractivity contribution is -0.137. The van der Waals surface area contributed by atoms with Crippen LogP contribution in [0, 0.1) is 11.8 Å². The summed E-state index contributed by atoms with van der Waals surface area (Å²) >= 11 is 0. The topological polar surface area (TPSA) is 87.0 Å². The highest BCUT2D eigenvalue weighted by atomic mass is 19.1. The van der Waals surface area contributed by atoms with E-state index in [4.69, 9.17) is 9.84 Å². The number of benzene rings is 1. The average Bonchev–Trinajstić information content (AvgIpc) is 2.94. The quantitative estimate of drug-likeness (QED) is 0.371. The fraction of sp³-hybridized carbons (Fsp3) is 0.591. The van der Waals surface area contributed by atoms with Gasteiger partial charge in [0.25, 0.3) is 0 Å². The second-order valence-electron chi connectivity index (χ2n) is 7.49. The Hall–Kier alpha value is -1.92. The summed E-state index contributed by atoms with van der Waals surface area (Å²) in [6.07, 6.45) is 4.60. The van der Waals surface area contributed by atoms with E-state index < -0.39 is 24.3 Å². The summed E-state index contributed by atoms with van der Waals surface area (Å²) in [4.78, 5) is 10.5. The maximum absolute atomic E-state index is 14.2. The lowest BCUT2D eigenvalue weighted by Crippen LogP contribution is -2.24. The number of para-hydroxylation sites is 1. The molecule has 0 saturated heterocycles. The number of ether oxygens (including phenoxy) is 1. The van der Waals surface area contributed by atoms with Crippen LogP contribution in [0.3, 0.4) is 0 Å². The zero-order valence-corrected chi connectivity index (χ0v) is 16.1. The molecule has 2 rings (SSSR count). The molecule has 1 aliphatic carbocycles. The molecule has 1 aromatic carbocycles. The molecule has 0 heterocycles. The number of carboxylic acids is 1. The largest absolute Gasteiger partial charge is 0.491 e. The molecule has 1 fully saturated rings. The van der Waals surface area contributed by atoms with Crippen molar-refractivity contribution in [3.8, 4) is 5.75 Å². The van der Waals surface area contributed by atoms with Gasteiger partial charge in [-0.05, 0) is 62.5 Å². The summed E-state index contributed by atoms with van der Waals surface area (Å²) in [5.41, 5.74) is 0. The number of hydrogen-bond donors (Lipinski definition) is 3. The Labute approximate surface area is 165 Å². The van der Waals surface area contributed by atoms with Gasteiger partial charge < -0.3 is 20.1 Å². The first kappa shape index (κ1) is 22.4. The Morgan fingerprint density at radius 3 is 2.61 bits per heavy atom. The monoisotopic (exact) mass is 394 g/mol. The van der Waals surface area contributed by atoms with Crippen molar-refractivity contribution < 1.29 is 29.2 Å². The van der Waals surface area contributed by atoms with Crippen molar-refractivity contribution in [3.05, 3.63) is 42.5 Å². The standard InChI is InChI=1S/C22H31FO5/c23-16(15-28-17-8-4-3-5-9-17)12-13-19-18(20(24)14-21(19)25)10-6-1-2-7-11-22(26)27/h1,3-6,8-9,16,18-21,24-25H,2,7,10-15H2,(H,26,27)/t16-,18-,19-,20+,21-/m1/s1. The van der Waals surface area contributed by atoms with E-state index in [-0.39, 0.29) is 31.3 Å². The highest BCUT2D eigenvalue weighted by molar-refractivity contribution is 5.66. The van der Waals surface area contributed by atoms with Crippen LogP contribution in [0.5, 0.6) is 5.75 Å². The van der Waals surface area contributed by atoms with Crippen LogP contribution in [0.25, 0.3) is 0 Å². The molecule has 5 atom stereocenters. The first-order valence-electron chi connectivity index (χ1n) is 10.0. The number of carboxylic acid groups (broad SMARTS) is 1. The predicted octanol–water partition coefficient (Wildman–Crippen LogP) is 3.74. The predicted molar refractivity (Wildman–Crippen MR) is 105 cm³/mol. The number of aliphatic hydroxyl groups is 2. The third-order valence-corrected chi connectivity index (χ3v) is 5.35. The number of halogens is 1. The Balaban J connectivity index is 1.74. The molecular formula is C22H31FO5. The van der Waals surface area contributed by atoms with Gasteiger partial charge in [0.15, 0.2) is 0 Å². The van der Waals surface area contributed by atoms with Crippen molar-refractivity contribution in [1.29, 1.82) is 0 Å². The molecule has 0 unspecified atom stereocenters. The van der Waals surface area contributed by atoms with Crippen LogP contribution in [0.2, 0.25) is 0 Å². The van der Waals surface area contributed by atoms with Crippen molar-refractivity contribution in [2.24, 2.45) is 11.8 Å². The van der Waals surface area contributed by atoms with Gasteiger partial charge in [0.2, 0.25) is 0 Å². The molecule has 0 radical (unpaired) electrons. The van der Waals surface area contributed by atoms with Gasteiger partial charge in [-0.15, -0.1) is 0 Å². The molecule has 3 N–H and O–H groups in total. The maximum Gasteiger partial charge on any atom is 0.303 e. The molecule has 1 aliphatic rings.